The van der Waals surface area contributed by atoms with E-state index >= 15 is 0 Å². The second-order valence-corrected chi connectivity index (χ2v) is 5.62. The van der Waals surface area contributed by atoms with Crippen LogP contribution in [0, 0.1) is 6.92 Å². The van der Waals surface area contributed by atoms with Gasteiger partial charge < -0.3 is 9.30 Å². The number of methoxy groups -OCH3 is 1. The van der Waals surface area contributed by atoms with Gasteiger partial charge in [0.05, 0.1) is 6.10 Å². The number of aryl methyl sites for hydroxylation is 1. The van der Waals surface area contributed by atoms with Crippen LogP contribution in [0.15, 0.2) is 6.07 Å². The number of rotatable bonds is 2. The van der Waals surface area contributed by atoms with Gasteiger partial charge in [0, 0.05) is 36.5 Å². The quantitative estimate of drug-likeness (QED) is 0.804. The molecule has 3 nitrogen and oxygen atoms in total. The van der Waals surface area contributed by atoms with Crippen LogP contribution >= 0.6 is 0 Å². The van der Waals surface area contributed by atoms with Crippen LogP contribution in [0.4, 0.5) is 0 Å². The maximum absolute atomic E-state index is 11.9. The molecule has 1 aromatic heterocycles. The minimum absolute atomic E-state index is 0.333. The summed E-state index contributed by atoms with van der Waals surface area (Å²) in [6.07, 6.45) is 6.59. The van der Waals surface area contributed by atoms with Crippen molar-refractivity contribution in [3.05, 3.63) is 23.0 Å². The predicted octanol–water partition coefficient (Wildman–Crippen LogP) is 3.06. The molecule has 0 spiro atoms. The lowest BCUT2D eigenvalue weighted by Crippen LogP contribution is -2.17. The highest BCUT2D eigenvalue weighted by atomic mass is 16.5. The topological polar surface area (TPSA) is 31.2 Å². The number of ketones is 1. The Morgan fingerprint density at radius 3 is 2.89 bits per heavy atom. The highest BCUT2D eigenvalue weighted by molar-refractivity contribution is 5.98. The van der Waals surface area contributed by atoms with Gasteiger partial charge in [0.1, 0.15) is 0 Å². The number of aromatic nitrogens is 1. The van der Waals surface area contributed by atoms with Gasteiger partial charge in [0.25, 0.3) is 0 Å². The Bertz CT molecular complexity index is 475. The van der Waals surface area contributed by atoms with Crippen molar-refractivity contribution in [2.75, 3.05) is 7.11 Å². The highest BCUT2D eigenvalue weighted by Crippen LogP contribution is 2.36. The largest absolute Gasteiger partial charge is 0.381 e. The van der Waals surface area contributed by atoms with Crippen molar-refractivity contribution in [1.29, 1.82) is 0 Å². The third-order valence-electron chi connectivity index (χ3n) is 4.51. The summed E-state index contributed by atoms with van der Waals surface area (Å²) in [5.74, 6) is 0.333. The Kier molecular flexibility index (Phi) is 3.02. The molecule has 0 N–H and O–H groups in total. The molecule has 0 amide bonds. The zero-order valence-corrected chi connectivity index (χ0v) is 11.2. The minimum atomic E-state index is 0.333. The third-order valence-corrected chi connectivity index (χ3v) is 4.51. The Hall–Kier alpha value is -1.09. The maximum Gasteiger partial charge on any atom is 0.164 e. The van der Waals surface area contributed by atoms with Crippen LogP contribution in [-0.2, 0) is 11.2 Å². The molecule has 1 aromatic rings. The van der Waals surface area contributed by atoms with Gasteiger partial charge in [-0.25, -0.2) is 0 Å². The molecule has 2 unspecified atom stereocenters. The van der Waals surface area contributed by atoms with E-state index < -0.39 is 0 Å². The lowest BCUT2D eigenvalue weighted by molar-refractivity contribution is 0.0971. The van der Waals surface area contributed by atoms with Crippen LogP contribution in [0.1, 0.15) is 59.9 Å². The van der Waals surface area contributed by atoms with Crippen LogP contribution in [0.25, 0.3) is 0 Å². The van der Waals surface area contributed by atoms with Gasteiger partial charge in [0.2, 0.25) is 0 Å². The molecule has 1 saturated carbocycles. The average molecular weight is 247 g/mol. The monoisotopic (exact) mass is 247 g/mol. The summed E-state index contributed by atoms with van der Waals surface area (Å²) in [5.41, 5.74) is 3.52. The Labute approximate surface area is 108 Å². The molecule has 18 heavy (non-hydrogen) atoms. The van der Waals surface area contributed by atoms with Gasteiger partial charge in [-0.05, 0) is 45.1 Å². The SMILES string of the molecule is COC1CCC(n2c(C)cc3c2CCCC3=O)C1. The van der Waals surface area contributed by atoms with E-state index in [4.69, 9.17) is 4.74 Å². The van der Waals surface area contributed by atoms with Crippen molar-refractivity contribution in [1.82, 2.24) is 4.57 Å². The van der Waals surface area contributed by atoms with Crippen molar-refractivity contribution >= 4 is 5.78 Å². The average Bonchev–Trinajstić information content (AvgIpc) is 2.93. The molecule has 1 heterocycles. The minimum Gasteiger partial charge on any atom is -0.381 e. The zero-order valence-electron chi connectivity index (χ0n) is 11.2. The van der Waals surface area contributed by atoms with E-state index in [0.29, 0.717) is 17.9 Å². The van der Waals surface area contributed by atoms with E-state index in [-0.39, 0.29) is 0 Å². The zero-order chi connectivity index (χ0) is 12.7. The first-order valence-electron chi connectivity index (χ1n) is 6.97. The smallest absolute Gasteiger partial charge is 0.164 e. The van der Waals surface area contributed by atoms with E-state index in [1.54, 1.807) is 7.11 Å². The van der Waals surface area contributed by atoms with Crippen LogP contribution in [0.5, 0.6) is 0 Å². The normalized spacial score (nSPS) is 27.6. The van der Waals surface area contributed by atoms with E-state index in [1.807, 2.05) is 0 Å². The summed E-state index contributed by atoms with van der Waals surface area (Å²) in [4.78, 5) is 11.9. The fourth-order valence-electron chi connectivity index (χ4n) is 3.63. The van der Waals surface area contributed by atoms with E-state index in [2.05, 4.69) is 17.6 Å². The number of ether oxygens (including phenoxy) is 1. The Balaban J connectivity index is 1.95. The molecule has 1 fully saturated rings. The number of Topliss-reactive ketones (excluding diaryl/α,β-unsaturated/α-hetero) is 1. The standard InChI is InChI=1S/C15H21NO2/c1-10-8-13-14(4-3-5-15(13)17)16(10)11-6-7-12(9-11)18-2/h8,11-12H,3-7,9H2,1-2H3. The van der Waals surface area contributed by atoms with Crippen molar-refractivity contribution in [3.8, 4) is 0 Å². The molecule has 0 saturated heterocycles. The predicted molar refractivity (Wildman–Crippen MR) is 70.1 cm³/mol. The van der Waals surface area contributed by atoms with Gasteiger partial charge in [-0.2, -0.15) is 0 Å². The van der Waals surface area contributed by atoms with Crippen molar-refractivity contribution in [3.63, 3.8) is 0 Å². The molecule has 98 valence electrons. The number of carbonyl (C=O) groups is 1. The van der Waals surface area contributed by atoms with Gasteiger partial charge in [-0.1, -0.05) is 0 Å². The molecule has 0 bridgehead atoms. The second kappa shape index (κ2) is 4.54. The first kappa shape index (κ1) is 12.0. The lowest BCUT2D eigenvalue weighted by atomic mass is 9.96. The Morgan fingerprint density at radius 2 is 2.17 bits per heavy atom. The number of fused-ring (bicyclic) bond motifs is 1. The summed E-state index contributed by atoms with van der Waals surface area (Å²) in [5, 5.41) is 0. The van der Waals surface area contributed by atoms with Crippen molar-refractivity contribution in [2.24, 2.45) is 0 Å². The van der Waals surface area contributed by atoms with Crippen molar-refractivity contribution in [2.45, 2.75) is 57.6 Å². The van der Waals surface area contributed by atoms with Gasteiger partial charge in [0.15, 0.2) is 5.78 Å². The van der Waals surface area contributed by atoms with Crippen LogP contribution in [-0.4, -0.2) is 23.6 Å². The molecule has 3 rings (SSSR count). The fourth-order valence-corrected chi connectivity index (χ4v) is 3.63. The molecule has 2 aliphatic carbocycles. The molecular weight excluding hydrogens is 226 g/mol. The lowest BCUT2D eigenvalue weighted by Gasteiger charge is -2.21. The molecule has 2 aliphatic rings. The number of hydrogen-bond acceptors (Lipinski definition) is 2. The maximum atomic E-state index is 11.9. The number of carbonyl (C=O) groups excluding carboxylic acids is 1. The molecule has 0 radical (unpaired) electrons. The van der Waals surface area contributed by atoms with Gasteiger partial charge in [-0.3, -0.25) is 4.79 Å². The second-order valence-electron chi connectivity index (χ2n) is 5.62. The van der Waals surface area contributed by atoms with Crippen LogP contribution in [0.2, 0.25) is 0 Å². The van der Waals surface area contributed by atoms with E-state index in [1.165, 1.54) is 17.8 Å². The third kappa shape index (κ3) is 1.81. The summed E-state index contributed by atoms with van der Waals surface area (Å²) in [6.45, 7) is 2.13. The molecule has 3 heteroatoms. The first-order valence-corrected chi connectivity index (χ1v) is 6.97. The summed E-state index contributed by atoms with van der Waals surface area (Å²) < 4.78 is 7.89. The van der Waals surface area contributed by atoms with Crippen LogP contribution in [0.3, 0.4) is 0 Å². The van der Waals surface area contributed by atoms with Gasteiger partial charge >= 0.3 is 0 Å². The molecule has 2 atom stereocenters. The highest BCUT2D eigenvalue weighted by Gasteiger charge is 2.31. The molecule has 0 aliphatic heterocycles. The fraction of sp³-hybridized carbons (Fsp3) is 0.667. The molecular formula is C15H21NO2. The summed E-state index contributed by atoms with van der Waals surface area (Å²) >= 11 is 0. The Morgan fingerprint density at radius 1 is 1.33 bits per heavy atom. The number of nitrogens with zero attached hydrogens (tertiary/aromatic N) is 1. The van der Waals surface area contributed by atoms with Crippen molar-refractivity contribution < 1.29 is 9.53 Å². The van der Waals surface area contributed by atoms with Gasteiger partial charge in [-0.15, -0.1) is 0 Å². The number of hydrogen-bond donors (Lipinski definition) is 0. The van der Waals surface area contributed by atoms with E-state index in [0.717, 1.165) is 37.7 Å². The molecule has 0 aromatic carbocycles. The van der Waals surface area contributed by atoms with E-state index in [9.17, 15) is 4.79 Å². The van der Waals surface area contributed by atoms with Crippen LogP contribution < -0.4 is 0 Å². The summed E-state index contributed by atoms with van der Waals surface area (Å²) in [6, 6.07) is 2.63. The first-order chi connectivity index (χ1) is 8.70. The summed E-state index contributed by atoms with van der Waals surface area (Å²) in [7, 11) is 1.80.